The van der Waals surface area contributed by atoms with E-state index in [9.17, 15) is 18.0 Å². The molecule has 0 amide bonds. The van der Waals surface area contributed by atoms with Gasteiger partial charge in [0.05, 0.1) is 18.5 Å². The van der Waals surface area contributed by atoms with E-state index in [0.29, 0.717) is 67.6 Å². The molecule has 3 N–H and O–H groups in total. The summed E-state index contributed by atoms with van der Waals surface area (Å²) in [6.45, 7) is 4.25. The van der Waals surface area contributed by atoms with Crippen LogP contribution in [0.1, 0.15) is 18.9 Å². The molecule has 2 aromatic carbocycles. The van der Waals surface area contributed by atoms with Crippen molar-refractivity contribution in [2.24, 2.45) is 0 Å². The van der Waals surface area contributed by atoms with Gasteiger partial charge in [0.15, 0.2) is 23.1 Å². The van der Waals surface area contributed by atoms with Crippen LogP contribution in [0.3, 0.4) is 0 Å². The zero-order chi connectivity index (χ0) is 30.4. The van der Waals surface area contributed by atoms with E-state index >= 15 is 0 Å². The topological polar surface area (TPSA) is 143 Å². The van der Waals surface area contributed by atoms with E-state index in [1.54, 1.807) is 18.3 Å². The average molecular weight is 596 g/mol. The Labute approximate surface area is 243 Å². The highest BCUT2D eigenvalue weighted by molar-refractivity contribution is 5.95. The number of esters is 1. The van der Waals surface area contributed by atoms with Crippen molar-refractivity contribution >= 4 is 22.8 Å². The molecule has 11 nitrogen and oxygen atoms in total. The maximum absolute atomic E-state index is 12.3. The van der Waals surface area contributed by atoms with Gasteiger partial charge in [0.25, 0.3) is 0 Å². The fourth-order valence-corrected chi connectivity index (χ4v) is 4.49. The molecule has 14 heteroatoms. The van der Waals surface area contributed by atoms with Crippen molar-refractivity contribution in [3.05, 3.63) is 66.4 Å². The summed E-state index contributed by atoms with van der Waals surface area (Å²) in [5, 5.41) is 11.0. The van der Waals surface area contributed by atoms with Gasteiger partial charge in [-0.3, -0.25) is 0 Å². The number of nitrogens with two attached hydrogens (primary N) is 1. The third-order valence-electron chi connectivity index (χ3n) is 6.54. The van der Waals surface area contributed by atoms with Crippen LogP contribution in [0.15, 0.2) is 65.4 Å². The number of benzene rings is 2. The van der Waals surface area contributed by atoms with Crippen LogP contribution in [-0.4, -0.2) is 56.7 Å². The lowest BCUT2D eigenvalue weighted by Crippen LogP contribution is -2.27. The monoisotopic (exact) mass is 595 g/mol. The maximum atomic E-state index is 12.3. The molecule has 0 unspecified atom stereocenters. The van der Waals surface area contributed by atoms with Crippen LogP contribution in [0.2, 0.25) is 0 Å². The van der Waals surface area contributed by atoms with Gasteiger partial charge in [-0.05, 0) is 60.9 Å². The molecule has 0 aliphatic heterocycles. The standard InChI is InChI=1S/C29H28F3N7O4/c1-2-39-25-21(41-16-6-14-34-15-13-18-9-11-20(12-10-18)42-28(40)29(30,31)32)17-35-22(19-7-4-3-5-8-19)23(25)36-27(39)24-26(33)38-43-37-24/h3-5,7-12,17,34H,2,6,13-16H2,1H3,(H2,33,38). The number of nitrogens with one attached hydrogen (secondary N) is 1. The number of carbonyl (C=O) groups is 1. The first-order valence-electron chi connectivity index (χ1n) is 13.5. The number of aryl methyl sites for hydroxylation is 1. The Morgan fingerprint density at radius 1 is 1.05 bits per heavy atom. The summed E-state index contributed by atoms with van der Waals surface area (Å²) in [6, 6.07) is 15.6. The van der Waals surface area contributed by atoms with Crippen molar-refractivity contribution in [1.82, 2.24) is 30.2 Å². The predicted molar refractivity (Wildman–Crippen MR) is 151 cm³/mol. The predicted octanol–water partition coefficient (Wildman–Crippen LogP) is 4.82. The van der Waals surface area contributed by atoms with Gasteiger partial charge in [-0.2, -0.15) is 13.2 Å². The fourth-order valence-electron chi connectivity index (χ4n) is 4.49. The Morgan fingerprint density at radius 2 is 1.81 bits per heavy atom. The minimum atomic E-state index is -5.04. The molecule has 0 spiro atoms. The Balaban J connectivity index is 1.20. The van der Waals surface area contributed by atoms with Gasteiger partial charge in [0.1, 0.15) is 16.8 Å². The van der Waals surface area contributed by atoms with Crippen molar-refractivity contribution in [2.75, 3.05) is 25.4 Å². The zero-order valence-corrected chi connectivity index (χ0v) is 23.1. The number of nitrogen functional groups attached to an aromatic ring is 1. The van der Waals surface area contributed by atoms with E-state index in [-0.39, 0.29) is 11.6 Å². The molecule has 0 fully saturated rings. The smallest absolute Gasteiger partial charge is 0.490 e. The summed E-state index contributed by atoms with van der Waals surface area (Å²) < 4.78 is 54.3. The lowest BCUT2D eigenvalue weighted by atomic mass is 10.1. The number of halogens is 3. The number of imidazole rings is 1. The molecule has 0 saturated carbocycles. The molecule has 224 valence electrons. The van der Waals surface area contributed by atoms with Crippen LogP contribution in [0.4, 0.5) is 19.0 Å². The molecular weight excluding hydrogens is 567 g/mol. The average Bonchev–Trinajstić information content (AvgIpc) is 3.60. The van der Waals surface area contributed by atoms with Gasteiger partial charge < -0.3 is 25.1 Å². The second-order valence-electron chi connectivity index (χ2n) is 9.45. The van der Waals surface area contributed by atoms with Gasteiger partial charge in [-0.25, -0.2) is 19.4 Å². The lowest BCUT2D eigenvalue weighted by Gasteiger charge is -2.12. The number of hydrogen-bond acceptors (Lipinski definition) is 10. The molecule has 0 saturated heterocycles. The highest BCUT2D eigenvalue weighted by Gasteiger charge is 2.41. The number of alkyl halides is 3. The Kier molecular flexibility index (Phi) is 8.85. The minimum Gasteiger partial charge on any atom is -0.490 e. The van der Waals surface area contributed by atoms with E-state index in [2.05, 4.69) is 25.4 Å². The second kappa shape index (κ2) is 12.9. The quantitative estimate of drug-likeness (QED) is 0.117. The van der Waals surface area contributed by atoms with Crippen LogP contribution in [0, 0.1) is 0 Å². The van der Waals surface area contributed by atoms with E-state index in [1.165, 1.54) is 12.1 Å². The first-order chi connectivity index (χ1) is 20.8. The second-order valence-corrected chi connectivity index (χ2v) is 9.45. The summed E-state index contributed by atoms with van der Waals surface area (Å²) in [4.78, 5) is 20.5. The molecule has 3 aromatic heterocycles. The third-order valence-corrected chi connectivity index (χ3v) is 6.54. The first kappa shape index (κ1) is 29.5. The molecule has 43 heavy (non-hydrogen) atoms. The first-order valence-corrected chi connectivity index (χ1v) is 13.5. The Morgan fingerprint density at radius 3 is 2.49 bits per heavy atom. The Hall–Kier alpha value is -4.98. The molecule has 0 aliphatic rings. The van der Waals surface area contributed by atoms with Gasteiger partial charge >= 0.3 is 12.1 Å². The highest BCUT2D eigenvalue weighted by Crippen LogP contribution is 2.36. The molecule has 0 bridgehead atoms. The van der Waals surface area contributed by atoms with Crippen LogP contribution >= 0.6 is 0 Å². The minimum absolute atomic E-state index is 0.133. The summed E-state index contributed by atoms with van der Waals surface area (Å²) in [5.74, 6) is -1.21. The lowest BCUT2D eigenvalue weighted by molar-refractivity contribution is -0.189. The number of anilines is 1. The third kappa shape index (κ3) is 6.75. The van der Waals surface area contributed by atoms with E-state index in [1.807, 2.05) is 41.8 Å². The van der Waals surface area contributed by atoms with Gasteiger partial charge in [-0.1, -0.05) is 42.5 Å². The van der Waals surface area contributed by atoms with E-state index in [0.717, 1.165) is 16.6 Å². The number of aromatic nitrogens is 5. The number of hydrogen-bond donors (Lipinski definition) is 2. The SMILES string of the molecule is CCn1c(-c2nonc2N)nc2c(-c3ccccc3)ncc(OCCCNCCc3ccc(OC(=O)C(F)(F)F)cc3)c21. The zero-order valence-electron chi connectivity index (χ0n) is 23.1. The molecule has 5 rings (SSSR count). The number of carbonyl (C=O) groups excluding carboxylic acids is 1. The molecule has 0 aliphatic carbocycles. The molecule has 5 aromatic rings. The number of ether oxygens (including phenoxy) is 2. The highest BCUT2D eigenvalue weighted by atomic mass is 19.4. The summed E-state index contributed by atoms with van der Waals surface area (Å²) in [7, 11) is 0. The van der Waals surface area contributed by atoms with Gasteiger partial charge in [0.2, 0.25) is 0 Å². The van der Waals surface area contributed by atoms with Crippen LogP contribution < -0.4 is 20.5 Å². The molecule has 0 atom stereocenters. The summed E-state index contributed by atoms with van der Waals surface area (Å²) in [6.07, 6.45) is -2.01. The number of pyridine rings is 1. The van der Waals surface area contributed by atoms with Crippen molar-refractivity contribution in [2.45, 2.75) is 32.5 Å². The van der Waals surface area contributed by atoms with Crippen LogP contribution in [-0.2, 0) is 17.8 Å². The number of rotatable bonds is 12. The Bertz CT molecular complexity index is 1690. The van der Waals surface area contributed by atoms with Gasteiger partial charge in [-0.15, -0.1) is 0 Å². The van der Waals surface area contributed by atoms with Crippen molar-refractivity contribution < 1.29 is 32.1 Å². The summed E-state index contributed by atoms with van der Waals surface area (Å²) >= 11 is 0. The molecule has 0 radical (unpaired) electrons. The van der Waals surface area contributed by atoms with Crippen LogP contribution in [0.25, 0.3) is 33.8 Å². The van der Waals surface area contributed by atoms with Gasteiger partial charge in [0, 0.05) is 12.1 Å². The number of fused-ring (bicyclic) bond motifs is 1. The largest absolute Gasteiger partial charge is 0.491 e. The summed E-state index contributed by atoms with van der Waals surface area (Å²) in [5.41, 5.74) is 10.2. The number of nitrogens with zero attached hydrogens (tertiary/aromatic N) is 5. The van der Waals surface area contributed by atoms with Crippen molar-refractivity contribution in [1.29, 1.82) is 0 Å². The normalized spacial score (nSPS) is 11.6. The van der Waals surface area contributed by atoms with Crippen molar-refractivity contribution in [3.8, 4) is 34.3 Å². The van der Waals surface area contributed by atoms with E-state index < -0.39 is 12.1 Å². The fraction of sp³-hybridized carbons (Fsp3) is 0.276. The van der Waals surface area contributed by atoms with E-state index in [4.69, 9.17) is 20.1 Å². The van der Waals surface area contributed by atoms with Crippen molar-refractivity contribution in [3.63, 3.8) is 0 Å². The molecule has 3 heterocycles. The van der Waals surface area contributed by atoms with Crippen LogP contribution in [0.5, 0.6) is 11.5 Å². The molecular formula is C29H28F3N7O4. The maximum Gasteiger partial charge on any atom is 0.491 e.